The van der Waals surface area contributed by atoms with Crippen LogP contribution in [0.15, 0.2) is 12.7 Å². The number of carbonyl (C=O) groups is 1. The fourth-order valence-corrected chi connectivity index (χ4v) is 0.968. The summed E-state index contributed by atoms with van der Waals surface area (Å²) in [5.41, 5.74) is 5.42. The van der Waals surface area contributed by atoms with Gasteiger partial charge in [-0.1, -0.05) is 6.08 Å². The van der Waals surface area contributed by atoms with Crippen LogP contribution in [0.1, 0.15) is 12.8 Å². The van der Waals surface area contributed by atoms with Gasteiger partial charge in [-0.3, -0.25) is 4.79 Å². The summed E-state index contributed by atoms with van der Waals surface area (Å²) in [6.45, 7) is 3.03. The molecule has 0 aromatic rings. The normalized spacial score (nSPS) is 13.4. The number of alkyl halides is 3. The van der Waals surface area contributed by atoms with Gasteiger partial charge in [-0.2, -0.15) is 13.2 Å². The summed E-state index contributed by atoms with van der Waals surface area (Å²) in [5.74, 6) is -0.501. The van der Waals surface area contributed by atoms with E-state index in [1.165, 1.54) is 13.1 Å². The van der Waals surface area contributed by atoms with E-state index in [4.69, 9.17) is 5.73 Å². The topological polar surface area (TPSA) is 46.3 Å². The van der Waals surface area contributed by atoms with E-state index in [9.17, 15) is 18.0 Å². The van der Waals surface area contributed by atoms with E-state index < -0.39 is 24.5 Å². The Balaban J connectivity index is 4.04. The quantitative estimate of drug-likeness (QED) is 0.715. The monoisotopic (exact) mass is 224 g/mol. The molecule has 0 heterocycles. The lowest BCUT2D eigenvalue weighted by Crippen LogP contribution is -2.42. The Morgan fingerprint density at radius 3 is 2.53 bits per heavy atom. The summed E-state index contributed by atoms with van der Waals surface area (Å²) in [7, 11) is 1.30. The van der Waals surface area contributed by atoms with Crippen molar-refractivity contribution < 1.29 is 18.0 Å². The molecule has 0 radical (unpaired) electrons. The summed E-state index contributed by atoms with van der Waals surface area (Å²) in [4.78, 5) is 12.3. The molecule has 0 aliphatic rings. The highest BCUT2D eigenvalue weighted by molar-refractivity contribution is 5.81. The van der Waals surface area contributed by atoms with E-state index in [0.717, 1.165) is 4.90 Å². The minimum absolute atomic E-state index is 0.259. The van der Waals surface area contributed by atoms with Gasteiger partial charge in [0.05, 0.1) is 12.5 Å². The molecule has 0 saturated carbocycles. The predicted octanol–water partition coefficient (Wildman–Crippen LogP) is 1.30. The minimum Gasteiger partial charge on any atom is -0.344 e. The highest BCUT2D eigenvalue weighted by Crippen LogP contribution is 2.19. The molecule has 1 atom stereocenters. The molecule has 0 spiro atoms. The zero-order valence-electron chi connectivity index (χ0n) is 8.55. The number of rotatable bonds is 5. The van der Waals surface area contributed by atoms with Gasteiger partial charge in [0.2, 0.25) is 5.91 Å². The Hall–Kier alpha value is -1.04. The van der Waals surface area contributed by atoms with Crippen LogP contribution < -0.4 is 5.73 Å². The fraction of sp³-hybridized carbons (Fsp3) is 0.667. The van der Waals surface area contributed by atoms with Crippen molar-refractivity contribution in [1.82, 2.24) is 4.90 Å². The number of amides is 1. The van der Waals surface area contributed by atoms with E-state index in [1.54, 1.807) is 0 Å². The van der Waals surface area contributed by atoms with E-state index in [-0.39, 0.29) is 13.0 Å². The zero-order valence-corrected chi connectivity index (χ0v) is 8.55. The summed E-state index contributed by atoms with van der Waals surface area (Å²) >= 11 is 0. The average Bonchev–Trinajstić information content (AvgIpc) is 2.12. The summed E-state index contributed by atoms with van der Waals surface area (Å²) < 4.78 is 35.5. The number of carbonyl (C=O) groups excluding carboxylic acids is 1. The highest BCUT2D eigenvalue weighted by Gasteiger charge is 2.28. The average molecular weight is 224 g/mol. The van der Waals surface area contributed by atoms with E-state index in [2.05, 4.69) is 6.58 Å². The maximum atomic E-state index is 11.8. The number of nitrogens with zero attached hydrogens (tertiary/aromatic N) is 1. The van der Waals surface area contributed by atoms with Crippen LogP contribution in [0.4, 0.5) is 13.2 Å². The van der Waals surface area contributed by atoms with E-state index in [1.807, 2.05) is 0 Å². The Kier molecular flexibility index (Phi) is 5.35. The second-order valence-corrected chi connectivity index (χ2v) is 3.26. The molecular formula is C9H15F3N2O. The van der Waals surface area contributed by atoms with E-state index >= 15 is 0 Å². The van der Waals surface area contributed by atoms with Crippen LogP contribution >= 0.6 is 0 Å². The van der Waals surface area contributed by atoms with Crippen LogP contribution in [0.25, 0.3) is 0 Å². The van der Waals surface area contributed by atoms with Crippen LogP contribution in [-0.2, 0) is 4.79 Å². The fourth-order valence-electron chi connectivity index (χ4n) is 0.968. The second kappa shape index (κ2) is 5.75. The number of halogens is 3. The summed E-state index contributed by atoms with van der Waals surface area (Å²) in [5, 5.41) is 0. The SMILES string of the molecule is C=CCC(N)C(=O)N(C)CCC(F)(F)F. The van der Waals surface area contributed by atoms with Crippen molar-refractivity contribution in [3.8, 4) is 0 Å². The highest BCUT2D eigenvalue weighted by atomic mass is 19.4. The lowest BCUT2D eigenvalue weighted by molar-refractivity contribution is -0.144. The Labute approximate surface area is 86.7 Å². The molecule has 15 heavy (non-hydrogen) atoms. The zero-order chi connectivity index (χ0) is 12.1. The van der Waals surface area contributed by atoms with Gasteiger partial charge in [-0.25, -0.2) is 0 Å². The van der Waals surface area contributed by atoms with Crippen LogP contribution in [0.5, 0.6) is 0 Å². The van der Waals surface area contributed by atoms with Crippen molar-refractivity contribution in [3.63, 3.8) is 0 Å². The summed E-state index contributed by atoms with van der Waals surface area (Å²) in [6.07, 6.45) is -3.55. The van der Waals surface area contributed by atoms with Gasteiger partial charge in [-0.15, -0.1) is 6.58 Å². The number of likely N-dealkylation sites (N-methyl/N-ethyl adjacent to an activating group) is 1. The molecule has 0 aromatic carbocycles. The summed E-state index contributed by atoms with van der Waals surface area (Å²) in [6, 6.07) is -0.805. The Bertz CT molecular complexity index is 228. The third-order valence-electron chi connectivity index (χ3n) is 1.84. The third-order valence-corrected chi connectivity index (χ3v) is 1.84. The van der Waals surface area contributed by atoms with Crippen LogP contribution in [0.3, 0.4) is 0 Å². The Morgan fingerprint density at radius 1 is 1.60 bits per heavy atom. The lowest BCUT2D eigenvalue weighted by atomic mass is 10.2. The smallest absolute Gasteiger partial charge is 0.344 e. The maximum absolute atomic E-state index is 11.8. The molecule has 0 bridgehead atoms. The van der Waals surface area contributed by atoms with Gasteiger partial charge < -0.3 is 10.6 Å². The standard InChI is InChI=1S/C9H15F3N2O/c1-3-4-7(13)8(15)14(2)6-5-9(10,11)12/h3,7H,1,4-6,13H2,2H3. The first-order valence-corrected chi connectivity index (χ1v) is 4.46. The number of hydrogen-bond acceptors (Lipinski definition) is 2. The second-order valence-electron chi connectivity index (χ2n) is 3.26. The van der Waals surface area contributed by atoms with Crippen molar-refractivity contribution in [1.29, 1.82) is 0 Å². The molecule has 0 aromatic heterocycles. The van der Waals surface area contributed by atoms with Gasteiger partial charge >= 0.3 is 6.18 Å². The minimum atomic E-state index is -4.25. The van der Waals surface area contributed by atoms with Gasteiger partial charge in [0.25, 0.3) is 0 Å². The van der Waals surface area contributed by atoms with Gasteiger partial charge in [0.15, 0.2) is 0 Å². The molecule has 3 nitrogen and oxygen atoms in total. The molecule has 0 rings (SSSR count). The van der Waals surface area contributed by atoms with Gasteiger partial charge in [-0.05, 0) is 6.42 Å². The molecule has 1 amide bonds. The molecule has 0 fully saturated rings. The van der Waals surface area contributed by atoms with Gasteiger partial charge in [0.1, 0.15) is 0 Å². The van der Waals surface area contributed by atoms with Crippen LogP contribution in [0.2, 0.25) is 0 Å². The first kappa shape index (κ1) is 14.0. The molecule has 0 saturated heterocycles. The molecule has 6 heteroatoms. The van der Waals surface area contributed by atoms with Crippen molar-refractivity contribution in [2.24, 2.45) is 5.73 Å². The van der Waals surface area contributed by atoms with E-state index in [0.29, 0.717) is 0 Å². The molecule has 0 aliphatic carbocycles. The van der Waals surface area contributed by atoms with Crippen molar-refractivity contribution in [2.75, 3.05) is 13.6 Å². The van der Waals surface area contributed by atoms with Crippen LogP contribution in [-0.4, -0.2) is 36.6 Å². The molecule has 0 aliphatic heterocycles. The number of hydrogen-bond donors (Lipinski definition) is 1. The van der Waals surface area contributed by atoms with Crippen LogP contribution in [0, 0.1) is 0 Å². The maximum Gasteiger partial charge on any atom is 0.390 e. The largest absolute Gasteiger partial charge is 0.390 e. The Morgan fingerprint density at radius 2 is 2.13 bits per heavy atom. The molecule has 2 N–H and O–H groups in total. The molecule has 1 unspecified atom stereocenters. The third kappa shape index (κ3) is 6.11. The first-order valence-electron chi connectivity index (χ1n) is 4.46. The number of nitrogens with two attached hydrogens (primary N) is 1. The molecular weight excluding hydrogens is 209 g/mol. The first-order chi connectivity index (χ1) is 6.78. The lowest BCUT2D eigenvalue weighted by Gasteiger charge is -2.21. The van der Waals surface area contributed by atoms with Crippen molar-refractivity contribution in [2.45, 2.75) is 25.1 Å². The van der Waals surface area contributed by atoms with Crippen molar-refractivity contribution in [3.05, 3.63) is 12.7 Å². The predicted molar refractivity (Wildman–Crippen MR) is 51.1 cm³/mol. The van der Waals surface area contributed by atoms with Gasteiger partial charge in [0, 0.05) is 13.6 Å². The van der Waals surface area contributed by atoms with Crippen molar-refractivity contribution >= 4 is 5.91 Å². The molecule has 88 valence electrons.